The molecular weight excluding hydrogens is 236 g/mol. The van der Waals surface area contributed by atoms with Crippen molar-refractivity contribution in [1.29, 1.82) is 0 Å². The molecule has 0 aliphatic rings. The number of benzene rings is 1. The van der Waals surface area contributed by atoms with Gasteiger partial charge in [-0.3, -0.25) is 0 Å². The summed E-state index contributed by atoms with van der Waals surface area (Å²) in [6, 6.07) is 6.56. The summed E-state index contributed by atoms with van der Waals surface area (Å²) in [5.74, 6) is 0. The molecule has 2 rings (SSSR count). The van der Waals surface area contributed by atoms with E-state index in [-0.39, 0.29) is 0 Å². The predicted molar refractivity (Wildman–Crippen MR) is 80.2 cm³/mol. The fourth-order valence-corrected chi connectivity index (χ4v) is 2.35. The van der Waals surface area contributed by atoms with E-state index >= 15 is 0 Å². The Bertz CT molecular complexity index is 518. The van der Waals surface area contributed by atoms with Crippen LogP contribution in [0.1, 0.15) is 18.4 Å². The fraction of sp³-hybridized carbons (Fsp3) is 0.533. The normalized spacial score (nSPS) is 11.6. The molecule has 4 nitrogen and oxygen atoms in total. The molecule has 2 aromatic rings. The summed E-state index contributed by atoms with van der Waals surface area (Å²) in [5.41, 5.74) is 3.62. The van der Waals surface area contributed by atoms with Crippen molar-refractivity contribution in [1.82, 2.24) is 19.8 Å². The van der Waals surface area contributed by atoms with Crippen LogP contribution in [0.5, 0.6) is 0 Å². The van der Waals surface area contributed by atoms with Crippen molar-refractivity contribution < 1.29 is 0 Å². The quantitative estimate of drug-likeness (QED) is 0.773. The molecule has 0 spiro atoms. The number of aromatic nitrogens is 2. The van der Waals surface area contributed by atoms with Crippen LogP contribution < -0.4 is 5.32 Å². The van der Waals surface area contributed by atoms with Crippen LogP contribution in [0.2, 0.25) is 0 Å². The molecule has 19 heavy (non-hydrogen) atoms. The van der Waals surface area contributed by atoms with Crippen LogP contribution in [0.3, 0.4) is 0 Å². The molecule has 0 aliphatic heterocycles. The van der Waals surface area contributed by atoms with E-state index in [4.69, 9.17) is 0 Å². The summed E-state index contributed by atoms with van der Waals surface area (Å²) < 4.78 is 2.06. The number of aryl methyl sites for hydroxylation is 1. The summed E-state index contributed by atoms with van der Waals surface area (Å²) in [5, 5.41) is 3.18. The minimum Gasteiger partial charge on any atom is -0.334 e. The van der Waals surface area contributed by atoms with Gasteiger partial charge in [-0.15, -0.1) is 0 Å². The molecule has 0 bridgehead atoms. The van der Waals surface area contributed by atoms with Crippen molar-refractivity contribution in [3.63, 3.8) is 0 Å². The lowest BCUT2D eigenvalue weighted by Crippen LogP contribution is -2.20. The van der Waals surface area contributed by atoms with Crippen molar-refractivity contribution in [2.75, 3.05) is 27.2 Å². The van der Waals surface area contributed by atoms with Gasteiger partial charge in [-0.2, -0.15) is 0 Å². The maximum absolute atomic E-state index is 4.41. The Labute approximate surface area is 115 Å². The Morgan fingerprint density at radius 3 is 2.95 bits per heavy atom. The van der Waals surface area contributed by atoms with Gasteiger partial charge in [-0.05, 0) is 57.7 Å². The van der Waals surface area contributed by atoms with E-state index in [1.807, 2.05) is 20.4 Å². The standard InChI is InChI=1S/C15H24N4/c1-16-8-4-5-9-18(2)11-13-6-7-15-14(10-13)17-12-19(15)3/h6-7,10,12,16H,4-5,8-9,11H2,1-3H3. The van der Waals surface area contributed by atoms with Gasteiger partial charge < -0.3 is 14.8 Å². The van der Waals surface area contributed by atoms with E-state index in [1.54, 1.807) is 0 Å². The molecule has 104 valence electrons. The van der Waals surface area contributed by atoms with Gasteiger partial charge >= 0.3 is 0 Å². The molecule has 0 amide bonds. The number of imidazole rings is 1. The van der Waals surface area contributed by atoms with Crippen LogP contribution in [-0.4, -0.2) is 41.6 Å². The van der Waals surface area contributed by atoms with Gasteiger partial charge in [0, 0.05) is 13.6 Å². The van der Waals surface area contributed by atoms with Crippen molar-refractivity contribution >= 4 is 11.0 Å². The Hall–Kier alpha value is -1.39. The summed E-state index contributed by atoms with van der Waals surface area (Å²) in [4.78, 5) is 6.78. The fourth-order valence-electron chi connectivity index (χ4n) is 2.35. The minimum atomic E-state index is 0.992. The summed E-state index contributed by atoms with van der Waals surface area (Å²) in [7, 11) is 6.22. The molecule has 4 heteroatoms. The summed E-state index contributed by atoms with van der Waals surface area (Å²) in [6.45, 7) is 3.24. The van der Waals surface area contributed by atoms with Crippen molar-refractivity contribution in [3.8, 4) is 0 Å². The SMILES string of the molecule is CNCCCCN(C)Cc1ccc2c(c1)ncn2C. The summed E-state index contributed by atoms with van der Waals surface area (Å²) >= 11 is 0. The first-order valence-corrected chi connectivity index (χ1v) is 6.94. The third kappa shape index (κ3) is 3.78. The third-order valence-corrected chi connectivity index (χ3v) is 3.46. The lowest BCUT2D eigenvalue weighted by molar-refractivity contribution is 0.318. The van der Waals surface area contributed by atoms with Crippen LogP contribution in [-0.2, 0) is 13.6 Å². The Kier molecular flexibility index (Phi) is 4.93. The van der Waals surface area contributed by atoms with Crippen LogP contribution in [0.15, 0.2) is 24.5 Å². The van der Waals surface area contributed by atoms with Crippen molar-refractivity contribution in [2.45, 2.75) is 19.4 Å². The monoisotopic (exact) mass is 260 g/mol. The second-order valence-electron chi connectivity index (χ2n) is 5.23. The first-order chi connectivity index (χ1) is 9.20. The van der Waals surface area contributed by atoms with Gasteiger partial charge in [0.25, 0.3) is 0 Å². The molecule has 1 heterocycles. The second kappa shape index (κ2) is 6.68. The molecule has 0 atom stereocenters. The molecule has 0 aliphatic carbocycles. The first kappa shape index (κ1) is 14.0. The highest BCUT2D eigenvalue weighted by atomic mass is 15.1. The average molecular weight is 260 g/mol. The third-order valence-electron chi connectivity index (χ3n) is 3.46. The molecule has 1 aromatic heterocycles. The number of rotatable bonds is 7. The van der Waals surface area contributed by atoms with Gasteiger partial charge in [0.1, 0.15) is 0 Å². The Balaban J connectivity index is 1.89. The largest absolute Gasteiger partial charge is 0.334 e. The Morgan fingerprint density at radius 1 is 1.32 bits per heavy atom. The highest BCUT2D eigenvalue weighted by Gasteiger charge is 2.04. The minimum absolute atomic E-state index is 0.992. The number of hydrogen-bond acceptors (Lipinski definition) is 3. The molecule has 0 saturated heterocycles. The van der Waals surface area contributed by atoms with E-state index in [2.05, 4.69) is 45.0 Å². The first-order valence-electron chi connectivity index (χ1n) is 6.94. The zero-order valence-electron chi connectivity index (χ0n) is 12.2. The van der Waals surface area contributed by atoms with Crippen LogP contribution in [0.25, 0.3) is 11.0 Å². The van der Waals surface area contributed by atoms with E-state index in [0.29, 0.717) is 0 Å². The number of hydrogen-bond donors (Lipinski definition) is 1. The topological polar surface area (TPSA) is 33.1 Å². The van der Waals surface area contributed by atoms with Crippen LogP contribution in [0.4, 0.5) is 0 Å². The lowest BCUT2D eigenvalue weighted by Gasteiger charge is -2.16. The lowest BCUT2D eigenvalue weighted by atomic mass is 10.2. The van der Waals surface area contributed by atoms with Gasteiger partial charge in [0.05, 0.1) is 17.4 Å². The van der Waals surface area contributed by atoms with Gasteiger partial charge in [0.2, 0.25) is 0 Å². The zero-order chi connectivity index (χ0) is 13.7. The summed E-state index contributed by atoms with van der Waals surface area (Å²) in [6.07, 6.45) is 4.35. The molecule has 0 fully saturated rings. The molecule has 1 N–H and O–H groups in total. The van der Waals surface area contributed by atoms with E-state index in [9.17, 15) is 0 Å². The zero-order valence-corrected chi connectivity index (χ0v) is 12.2. The molecule has 0 saturated carbocycles. The number of fused-ring (bicyclic) bond motifs is 1. The van der Waals surface area contributed by atoms with Crippen LogP contribution in [0, 0.1) is 0 Å². The van der Waals surface area contributed by atoms with E-state index in [1.165, 1.54) is 23.9 Å². The average Bonchev–Trinajstić information content (AvgIpc) is 2.76. The van der Waals surface area contributed by atoms with Gasteiger partial charge in [0.15, 0.2) is 0 Å². The molecule has 0 unspecified atom stereocenters. The Morgan fingerprint density at radius 2 is 2.16 bits per heavy atom. The number of nitrogens with one attached hydrogen (secondary N) is 1. The van der Waals surface area contributed by atoms with Crippen molar-refractivity contribution in [3.05, 3.63) is 30.1 Å². The smallest absolute Gasteiger partial charge is 0.0955 e. The van der Waals surface area contributed by atoms with E-state index < -0.39 is 0 Å². The highest BCUT2D eigenvalue weighted by molar-refractivity contribution is 5.75. The second-order valence-corrected chi connectivity index (χ2v) is 5.23. The predicted octanol–water partition coefficient (Wildman–Crippen LogP) is 2.00. The number of nitrogens with zero attached hydrogens (tertiary/aromatic N) is 3. The molecular formula is C15H24N4. The van der Waals surface area contributed by atoms with Crippen LogP contribution >= 0.6 is 0 Å². The maximum atomic E-state index is 4.41. The molecule has 1 aromatic carbocycles. The highest BCUT2D eigenvalue weighted by Crippen LogP contribution is 2.15. The van der Waals surface area contributed by atoms with Crippen molar-refractivity contribution in [2.24, 2.45) is 7.05 Å². The van der Waals surface area contributed by atoms with E-state index in [0.717, 1.165) is 25.2 Å². The number of unbranched alkanes of at least 4 members (excludes halogenated alkanes) is 1. The molecule has 0 radical (unpaired) electrons. The van der Waals surface area contributed by atoms with Gasteiger partial charge in [-0.25, -0.2) is 4.98 Å². The van der Waals surface area contributed by atoms with Gasteiger partial charge in [-0.1, -0.05) is 6.07 Å². The maximum Gasteiger partial charge on any atom is 0.0955 e.